The number of para-hydroxylation sites is 1. The summed E-state index contributed by atoms with van der Waals surface area (Å²) in [5.41, 5.74) is 7.89. The first-order valence-corrected chi connectivity index (χ1v) is 17.2. The van der Waals surface area contributed by atoms with Crippen molar-refractivity contribution in [3.63, 3.8) is 0 Å². The van der Waals surface area contributed by atoms with E-state index >= 15 is 0 Å². The minimum absolute atomic E-state index is 0.108. The SMILES string of the molecule is CC[N+]1=C(/C=C/C=C/C=C2/N(CCCCS(=O)(=O)[O-])c3ccc(C)cc3C2(C)CCCCC(=O)O)C(C)(C)c2ccccc21. The smallest absolute Gasteiger partial charge is 0.303 e. The fraction of sp³-hybridized carbons (Fsp3) is 0.444. The van der Waals surface area contributed by atoms with E-state index < -0.39 is 16.1 Å². The Morgan fingerprint density at radius 2 is 1.75 bits per heavy atom. The maximum Gasteiger partial charge on any atom is 0.303 e. The van der Waals surface area contributed by atoms with Crippen LogP contribution in [0, 0.1) is 6.92 Å². The lowest BCUT2D eigenvalue weighted by atomic mass is 9.76. The van der Waals surface area contributed by atoms with Crippen LogP contribution >= 0.6 is 0 Å². The van der Waals surface area contributed by atoms with Crippen LogP contribution in [0.5, 0.6) is 0 Å². The fourth-order valence-electron chi connectivity index (χ4n) is 6.81. The van der Waals surface area contributed by atoms with Crippen molar-refractivity contribution in [2.45, 2.75) is 84.0 Å². The number of hydrogen-bond acceptors (Lipinski definition) is 5. The van der Waals surface area contributed by atoms with Crippen LogP contribution in [0.2, 0.25) is 0 Å². The monoisotopic (exact) mass is 618 g/mol. The Balaban J connectivity index is 1.65. The lowest BCUT2D eigenvalue weighted by Crippen LogP contribution is -2.29. The van der Waals surface area contributed by atoms with Gasteiger partial charge in [-0.1, -0.05) is 60.5 Å². The Kier molecular flexibility index (Phi) is 10.4. The van der Waals surface area contributed by atoms with Crippen LogP contribution < -0.4 is 4.90 Å². The summed E-state index contributed by atoms with van der Waals surface area (Å²) in [5, 5.41) is 9.19. The third kappa shape index (κ3) is 7.24. The Labute approximate surface area is 263 Å². The van der Waals surface area contributed by atoms with Crippen molar-refractivity contribution in [1.82, 2.24) is 0 Å². The molecule has 7 nitrogen and oxygen atoms in total. The molecule has 2 aromatic carbocycles. The minimum atomic E-state index is -4.26. The van der Waals surface area contributed by atoms with Crippen LogP contribution in [-0.2, 0) is 25.7 Å². The van der Waals surface area contributed by atoms with Gasteiger partial charge in [0.2, 0.25) is 5.69 Å². The third-order valence-corrected chi connectivity index (χ3v) is 9.87. The number of aryl methyl sites for hydroxylation is 1. The lowest BCUT2D eigenvalue weighted by molar-refractivity contribution is -0.433. The molecule has 0 fully saturated rings. The number of anilines is 1. The second-order valence-electron chi connectivity index (χ2n) is 12.6. The van der Waals surface area contributed by atoms with Gasteiger partial charge in [0, 0.05) is 53.2 Å². The van der Waals surface area contributed by atoms with E-state index in [4.69, 9.17) is 0 Å². The van der Waals surface area contributed by atoms with E-state index in [1.54, 1.807) is 0 Å². The van der Waals surface area contributed by atoms with E-state index in [9.17, 15) is 22.9 Å². The molecule has 1 N–H and O–H groups in total. The fourth-order valence-corrected chi connectivity index (χ4v) is 7.37. The van der Waals surface area contributed by atoms with Crippen LogP contribution in [0.25, 0.3) is 0 Å². The van der Waals surface area contributed by atoms with E-state index in [0.29, 0.717) is 25.8 Å². The molecule has 8 heteroatoms. The number of aliphatic carboxylic acids is 1. The number of carboxylic acids is 1. The molecule has 0 aliphatic carbocycles. The highest BCUT2D eigenvalue weighted by atomic mass is 32.2. The molecular formula is C36H46N2O5S. The number of carbonyl (C=O) groups is 1. The molecule has 0 radical (unpaired) electrons. The standard InChI is InChI=1S/C36H46N2O5S/c1-6-37-30-17-11-10-16-28(30)35(3,4)32(37)18-8-7-9-19-33-36(5,23-13-12-20-34(39)40)29-26-27(2)21-22-31(29)38(33)24-14-15-25-44(41,42)43/h7-11,16-19,21-22,26H,6,12-15,20,23-25H2,1-5H3,(H-,39,40,41,42,43). The summed E-state index contributed by atoms with van der Waals surface area (Å²) in [5.74, 6) is -1.16. The summed E-state index contributed by atoms with van der Waals surface area (Å²) < 4.78 is 36.0. The minimum Gasteiger partial charge on any atom is -0.748 e. The topological polar surface area (TPSA) is 101 Å². The van der Waals surface area contributed by atoms with Crippen molar-refractivity contribution >= 4 is 33.2 Å². The zero-order valence-electron chi connectivity index (χ0n) is 26.7. The molecule has 0 bridgehead atoms. The molecule has 2 aliphatic heterocycles. The Bertz CT molecular complexity index is 1620. The molecule has 1 unspecified atom stereocenters. The van der Waals surface area contributed by atoms with Gasteiger partial charge in [-0.05, 0) is 78.0 Å². The molecule has 0 aromatic heterocycles. The number of carboxylic acid groups (broad SMARTS) is 1. The molecular weight excluding hydrogens is 572 g/mol. The van der Waals surface area contributed by atoms with Crippen LogP contribution in [0.3, 0.4) is 0 Å². The van der Waals surface area contributed by atoms with Gasteiger partial charge in [-0.15, -0.1) is 0 Å². The van der Waals surface area contributed by atoms with Crippen LogP contribution in [-0.4, -0.2) is 53.2 Å². The molecule has 1 atom stereocenters. The first-order valence-electron chi connectivity index (χ1n) is 15.6. The number of allylic oxidation sites excluding steroid dienone is 6. The van der Waals surface area contributed by atoms with Crippen molar-refractivity contribution in [3.05, 3.63) is 95.2 Å². The van der Waals surface area contributed by atoms with E-state index in [-0.39, 0.29) is 23.0 Å². The molecule has 236 valence electrons. The van der Waals surface area contributed by atoms with Crippen molar-refractivity contribution in [1.29, 1.82) is 0 Å². The normalized spacial score (nSPS) is 20.3. The van der Waals surface area contributed by atoms with Crippen LogP contribution in [0.1, 0.15) is 82.9 Å². The highest BCUT2D eigenvalue weighted by molar-refractivity contribution is 7.85. The quantitative estimate of drug-likeness (QED) is 0.105. The molecule has 2 aliphatic rings. The van der Waals surface area contributed by atoms with E-state index in [1.165, 1.54) is 22.5 Å². The van der Waals surface area contributed by atoms with E-state index in [0.717, 1.165) is 36.3 Å². The van der Waals surface area contributed by atoms with Gasteiger partial charge in [-0.25, -0.2) is 8.42 Å². The Hall–Kier alpha value is -3.49. The highest BCUT2D eigenvalue weighted by Crippen LogP contribution is 2.51. The first-order chi connectivity index (χ1) is 20.8. The summed E-state index contributed by atoms with van der Waals surface area (Å²) in [6.07, 6.45) is 13.7. The number of unbranched alkanes of at least 4 members (excludes halogenated alkanes) is 2. The zero-order chi connectivity index (χ0) is 32.1. The summed E-state index contributed by atoms with van der Waals surface area (Å²) in [4.78, 5) is 13.4. The van der Waals surface area contributed by atoms with Gasteiger partial charge in [-0.2, -0.15) is 4.58 Å². The van der Waals surface area contributed by atoms with E-state index in [1.807, 2.05) is 6.08 Å². The van der Waals surface area contributed by atoms with Crippen molar-refractivity contribution in [2.24, 2.45) is 0 Å². The molecule has 0 amide bonds. The van der Waals surface area contributed by atoms with Crippen LogP contribution in [0.15, 0.2) is 78.5 Å². The summed E-state index contributed by atoms with van der Waals surface area (Å²) in [7, 11) is -4.26. The predicted molar refractivity (Wildman–Crippen MR) is 177 cm³/mol. The third-order valence-electron chi connectivity index (χ3n) is 9.08. The van der Waals surface area contributed by atoms with Gasteiger partial charge in [-0.3, -0.25) is 4.79 Å². The summed E-state index contributed by atoms with van der Waals surface area (Å²) >= 11 is 0. The average molecular weight is 619 g/mol. The molecule has 2 aromatic rings. The van der Waals surface area contributed by atoms with Gasteiger partial charge in [0.25, 0.3) is 0 Å². The Morgan fingerprint density at radius 3 is 2.45 bits per heavy atom. The molecule has 44 heavy (non-hydrogen) atoms. The lowest BCUT2D eigenvalue weighted by Gasteiger charge is -2.30. The van der Waals surface area contributed by atoms with Gasteiger partial charge in [0.15, 0.2) is 5.71 Å². The molecule has 0 saturated heterocycles. The molecule has 0 saturated carbocycles. The highest BCUT2D eigenvalue weighted by Gasteiger charge is 2.44. The largest absolute Gasteiger partial charge is 0.748 e. The second-order valence-corrected chi connectivity index (χ2v) is 14.2. The predicted octanol–water partition coefficient (Wildman–Crippen LogP) is 7.14. The van der Waals surface area contributed by atoms with Crippen molar-refractivity contribution < 1.29 is 27.4 Å². The van der Waals surface area contributed by atoms with Gasteiger partial charge >= 0.3 is 5.97 Å². The second kappa shape index (κ2) is 13.7. The van der Waals surface area contributed by atoms with Gasteiger partial charge < -0.3 is 14.6 Å². The number of hydrogen-bond donors (Lipinski definition) is 1. The Morgan fingerprint density at radius 1 is 1.00 bits per heavy atom. The number of rotatable bonds is 14. The maximum atomic E-state index is 11.2. The zero-order valence-corrected chi connectivity index (χ0v) is 27.5. The van der Waals surface area contributed by atoms with Crippen LogP contribution in [0.4, 0.5) is 11.4 Å². The number of fused-ring (bicyclic) bond motifs is 2. The first kappa shape index (κ1) is 33.4. The average Bonchev–Trinajstić information content (AvgIpc) is 3.32. The molecule has 2 heterocycles. The van der Waals surface area contributed by atoms with Crippen molar-refractivity contribution in [3.8, 4) is 0 Å². The molecule has 0 spiro atoms. The maximum absolute atomic E-state index is 11.2. The number of benzene rings is 2. The van der Waals surface area contributed by atoms with Gasteiger partial charge in [0.1, 0.15) is 6.54 Å². The number of nitrogens with zero attached hydrogens (tertiary/aromatic N) is 2. The van der Waals surface area contributed by atoms with Gasteiger partial charge in [0.05, 0.1) is 15.5 Å². The molecule has 4 rings (SSSR count). The summed E-state index contributed by atoms with van der Waals surface area (Å²) in [6.45, 7) is 12.4. The summed E-state index contributed by atoms with van der Waals surface area (Å²) in [6, 6.07) is 15.0. The van der Waals surface area contributed by atoms with Crippen molar-refractivity contribution in [2.75, 3.05) is 23.7 Å². The van der Waals surface area contributed by atoms with E-state index in [2.05, 4.69) is 111 Å².